The van der Waals surface area contributed by atoms with Crippen LogP contribution in [0.5, 0.6) is 0 Å². The summed E-state index contributed by atoms with van der Waals surface area (Å²) in [7, 11) is 0. The number of hydrogen-bond donors (Lipinski definition) is 0. The standard InChI is InChI=1S/C23H19FN6O2/c1-14-18(10-11-32-14)30-20-5-3-2-4-19(20)28-13-25-21(22(28)23(30)31)17-12-29(27-26-17)16-8-6-15(24)7-9-16/h2-9,12-14,18H,10-11H2,1H3. The molecule has 0 spiro atoms. The highest BCUT2D eigenvalue weighted by Crippen LogP contribution is 2.30. The molecule has 0 saturated carbocycles. The predicted molar refractivity (Wildman–Crippen MR) is 116 cm³/mol. The molecule has 32 heavy (non-hydrogen) atoms. The van der Waals surface area contributed by atoms with Gasteiger partial charge in [-0.25, -0.2) is 14.1 Å². The molecule has 0 amide bonds. The summed E-state index contributed by atoms with van der Waals surface area (Å²) in [6.07, 6.45) is 4.04. The Morgan fingerprint density at radius 1 is 1.09 bits per heavy atom. The molecule has 2 atom stereocenters. The summed E-state index contributed by atoms with van der Waals surface area (Å²) in [5.41, 5.74) is 3.59. The van der Waals surface area contributed by atoms with Gasteiger partial charge in [0, 0.05) is 6.61 Å². The Hall–Kier alpha value is -3.85. The minimum atomic E-state index is -0.327. The molecule has 1 aliphatic heterocycles. The molecule has 2 aromatic carbocycles. The smallest absolute Gasteiger partial charge is 0.278 e. The normalized spacial score (nSPS) is 18.7. The zero-order valence-electron chi connectivity index (χ0n) is 17.2. The third-order valence-electron chi connectivity index (χ3n) is 6.08. The maximum Gasteiger partial charge on any atom is 0.278 e. The van der Waals surface area contributed by atoms with Crippen LogP contribution in [0, 0.1) is 5.82 Å². The van der Waals surface area contributed by atoms with Crippen molar-refractivity contribution in [1.29, 1.82) is 0 Å². The average molecular weight is 430 g/mol. The number of rotatable bonds is 3. The number of nitrogens with zero attached hydrogens (tertiary/aromatic N) is 6. The summed E-state index contributed by atoms with van der Waals surface area (Å²) < 4.78 is 24.2. The van der Waals surface area contributed by atoms with Crippen LogP contribution in [0.4, 0.5) is 4.39 Å². The van der Waals surface area contributed by atoms with E-state index < -0.39 is 0 Å². The quantitative estimate of drug-likeness (QED) is 0.438. The van der Waals surface area contributed by atoms with Crippen LogP contribution in [0.25, 0.3) is 33.6 Å². The van der Waals surface area contributed by atoms with Gasteiger partial charge in [0.1, 0.15) is 29.0 Å². The highest BCUT2D eigenvalue weighted by atomic mass is 19.1. The Labute approximate surface area is 181 Å². The highest BCUT2D eigenvalue weighted by molar-refractivity contribution is 5.84. The number of para-hydroxylation sites is 2. The van der Waals surface area contributed by atoms with Crippen molar-refractivity contribution in [2.75, 3.05) is 6.61 Å². The first-order chi connectivity index (χ1) is 15.6. The van der Waals surface area contributed by atoms with Gasteiger partial charge in [-0.15, -0.1) is 5.10 Å². The van der Waals surface area contributed by atoms with Crippen LogP contribution in [-0.2, 0) is 4.74 Å². The lowest BCUT2D eigenvalue weighted by molar-refractivity contribution is 0.108. The third kappa shape index (κ3) is 2.78. The molecule has 6 rings (SSSR count). The first-order valence-electron chi connectivity index (χ1n) is 10.4. The first kappa shape index (κ1) is 18.9. The maximum absolute atomic E-state index is 13.8. The summed E-state index contributed by atoms with van der Waals surface area (Å²) >= 11 is 0. The van der Waals surface area contributed by atoms with Gasteiger partial charge in [0.25, 0.3) is 5.56 Å². The summed E-state index contributed by atoms with van der Waals surface area (Å²) in [6, 6.07) is 13.7. The fourth-order valence-corrected chi connectivity index (χ4v) is 4.50. The topological polar surface area (TPSA) is 79.2 Å². The van der Waals surface area contributed by atoms with Gasteiger partial charge in [0.05, 0.1) is 35.1 Å². The maximum atomic E-state index is 13.8. The Bertz CT molecular complexity index is 1520. The van der Waals surface area contributed by atoms with E-state index in [0.717, 1.165) is 17.5 Å². The number of hydrogen-bond acceptors (Lipinski definition) is 5. The van der Waals surface area contributed by atoms with E-state index in [-0.39, 0.29) is 23.5 Å². The minimum absolute atomic E-state index is 0.0601. The summed E-state index contributed by atoms with van der Waals surface area (Å²) in [4.78, 5) is 18.3. The molecular formula is C23H19FN6O2. The van der Waals surface area contributed by atoms with E-state index in [0.29, 0.717) is 29.2 Å². The lowest BCUT2D eigenvalue weighted by atomic mass is 10.1. The monoisotopic (exact) mass is 430 g/mol. The zero-order valence-corrected chi connectivity index (χ0v) is 17.2. The van der Waals surface area contributed by atoms with Crippen molar-refractivity contribution in [1.82, 2.24) is 28.9 Å². The van der Waals surface area contributed by atoms with Crippen molar-refractivity contribution in [2.24, 2.45) is 0 Å². The van der Waals surface area contributed by atoms with Crippen LogP contribution in [-0.4, -0.2) is 41.7 Å². The number of halogens is 1. The van der Waals surface area contributed by atoms with Gasteiger partial charge in [-0.2, -0.15) is 0 Å². The molecule has 0 bridgehead atoms. The van der Waals surface area contributed by atoms with Crippen LogP contribution in [0.1, 0.15) is 19.4 Å². The second-order valence-electron chi connectivity index (χ2n) is 7.93. The largest absolute Gasteiger partial charge is 0.376 e. The van der Waals surface area contributed by atoms with E-state index in [9.17, 15) is 9.18 Å². The second-order valence-corrected chi connectivity index (χ2v) is 7.93. The van der Waals surface area contributed by atoms with Gasteiger partial charge in [-0.05, 0) is 49.7 Å². The highest BCUT2D eigenvalue weighted by Gasteiger charge is 2.30. The molecular weight excluding hydrogens is 411 g/mol. The van der Waals surface area contributed by atoms with Crippen LogP contribution >= 0.6 is 0 Å². The summed E-state index contributed by atoms with van der Waals surface area (Å²) in [6.45, 7) is 2.62. The molecule has 2 unspecified atom stereocenters. The van der Waals surface area contributed by atoms with E-state index in [2.05, 4.69) is 15.3 Å². The fourth-order valence-electron chi connectivity index (χ4n) is 4.50. The molecule has 0 aliphatic carbocycles. The van der Waals surface area contributed by atoms with E-state index in [1.54, 1.807) is 29.1 Å². The van der Waals surface area contributed by atoms with E-state index in [1.807, 2.05) is 35.8 Å². The number of imidazole rings is 1. The lowest BCUT2D eigenvalue weighted by Gasteiger charge is -2.20. The molecule has 5 aromatic rings. The Balaban J connectivity index is 1.58. The van der Waals surface area contributed by atoms with Gasteiger partial charge >= 0.3 is 0 Å². The Morgan fingerprint density at radius 2 is 1.88 bits per heavy atom. The number of ether oxygens (including phenoxy) is 1. The van der Waals surface area contributed by atoms with Crippen molar-refractivity contribution < 1.29 is 9.13 Å². The van der Waals surface area contributed by atoms with Gasteiger partial charge < -0.3 is 4.74 Å². The van der Waals surface area contributed by atoms with Crippen molar-refractivity contribution in [3.05, 3.63) is 77.2 Å². The molecule has 4 heterocycles. The van der Waals surface area contributed by atoms with E-state index in [4.69, 9.17) is 4.74 Å². The van der Waals surface area contributed by atoms with Gasteiger partial charge in [-0.3, -0.25) is 13.8 Å². The van der Waals surface area contributed by atoms with Crippen molar-refractivity contribution in [3.63, 3.8) is 0 Å². The van der Waals surface area contributed by atoms with Gasteiger partial charge in [-0.1, -0.05) is 17.3 Å². The van der Waals surface area contributed by atoms with Crippen molar-refractivity contribution >= 4 is 16.6 Å². The van der Waals surface area contributed by atoms with E-state index in [1.165, 1.54) is 16.8 Å². The SMILES string of the molecule is CC1OCCC1n1c(=O)c2c(-c3cn(-c4ccc(F)cc4)nn3)ncn2c2ccccc21. The predicted octanol–water partition coefficient (Wildman–Crippen LogP) is 3.39. The van der Waals surface area contributed by atoms with Crippen LogP contribution in [0.2, 0.25) is 0 Å². The molecule has 3 aromatic heterocycles. The van der Waals surface area contributed by atoms with Gasteiger partial charge in [0.2, 0.25) is 0 Å². The van der Waals surface area contributed by atoms with Gasteiger partial charge in [0.15, 0.2) is 0 Å². The molecule has 9 heteroatoms. The van der Waals surface area contributed by atoms with Crippen LogP contribution < -0.4 is 5.56 Å². The number of aromatic nitrogens is 6. The molecule has 0 radical (unpaired) electrons. The Kier molecular flexibility index (Phi) is 4.19. The average Bonchev–Trinajstić information content (AvgIpc) is 3.54. The molecule has 1 aliphatic rings. The number of benzene rings is 2. The summed E-state index contributed by atoms with van der Waals surface area (Å²) in [5.74, 6) is -0.327. The third-order valence-corrected chi connectivity index (χ3v) is 6.08. The lowest BCUT2D eigenvalue weighted by Crippen LogP contribution is -2.30. The fraction of sp³-hybridized carbons (Fsp3) is 0.217. The molecule has 160 valence electrons. The first-order valence-corrected chi connectivity index (χ1v) is 10.4. The van der Waals surface area contributed by atoms with Crippen molar-refractivity contribution in [3.8, 4) is 17.1 Å². The molecule has 8 nitrogen and oxygen atoms in total. The van der Waals surface area contributed by atoms with E-state index >= 15 is 0 Å². The van der Waals surface area contributed by atoms with Crippen LogP contribution in [0.15, 0.2) is 65.8 Å². The van der Waals surface area contributed by atoms with Crippen molar-refractivity contribution in [2.45, 2.75) is 25.5 Å². The van der Waals surface area contributed by atoms with Crippen LogP contribution in [0.3, 0.4) is 0 Å². The molecule has 1 saturated heterocycles. The Morgan fingerprint density at radius 3 is 2.62 bits per heavy atom. The molecule has 1 fully saturated rings. The molecule has 0 N–H and O–H groups in total. The second kappa shape index (κ2) is 7.10. The zero-order chi connectivity index (χ0) is 21.8. The summed E-state index contributed by atoms with van der Waals surface area (Å²) in [5, 5.41) is 8.39. The number of fused-ring (bicyclic) bond motifs is 3. The minimum Gasteiger partial charge on any atom is -0.376 e.